The molecule has 0 aromatic heterocycles. The van der Waals surface area contributed by atoms with Crippen molar-refractivity contribution in [3.63, 3.8) is 0 Å². The van der Waals surface area contributed by atoms with Gasteiger partial charge in [-0.15, -0.1) is 0 Å². The van der Waals surface area contributed by atoms with Gasteiger partial charge in [-0.25, -0.2) is 8.42 Å². The van der Waals surface area contributed by atoms with Crippen LogP contribution in [0.4, 0.5) is 11.4 Å². The summed E-state index contributed by atoms with van der Waals surface area (Å²) in [4.78, 5) is 21.9. The zero-order valence-electron chi connectivity index (χ0n) is 13.3. The molecule has 2 aromatic carbocycles. The highest BCUT2D eigenvalue weighted by Gasteiger charge is 2.24. The van der Waals surface area contributed by atoms with E-state index in [0.29, 0.717) is 5.56 Å². The number of halogens is 1. The zero-order chi connectivity index (χ0) is 18.9. The van der Waals surface area contributed by atoms with Gasteiger partial charge in [0.1, 0.15) is 5.02 Å². The monoisotopic (exact) mass is 395 g/mol. The fraction of sp³-hybridized carbons (Fsp3) is 0.188. The van der Waals surface area contributed by atoms with Crippen molar-refractivity contribution < 1.29 is 18.1 Å². The molecule has 0 bridgehead atoms. The first-order valence-corrected chi connectivity index (χ1v) is 9.50. The molecule has 26 heavy (non-hydrogen) atoms. The van der Waals surface area contributed by atoms with Crippen LogP contribution in [0.2, 0.25) is 5.02 Å². The van der Waals surface area contributed by atoms with E-state index in [0.717, 1.165) is 25.0 Å². The molecule has 0 saturated heterocycles. The Morgan fingerprint density at radius 3 is 2.58 bits per heavy atom. The molecule has 1 fully saturated rings. The van der Waals surface area contributed by atoms with Crippen molar-refractivity contribution in [1.82, 2.24) is 5.32 Å². The average Bonchev–Trinajstić information content (AvgIpc) is 3.38. The number of hydrogen-bond donors (Lipinski definition) is 2. The van der Waals surface area contributed by atoms with Crippen LogP contribution in [-0.2, 0) is 10.0 Å². The maximum atomic E-state index is 12.5. The van der Waals surface area contributed by atoms with Crippen LogP contribution in [0.25, 0.3) is 0 Å². The van der Waals surface area contributed by atoms with E-state index in [9.17, 15) is 23.3 Å². The van der Waals surface area contributed by atoms with E-state index in [-0.39, 0.29) is 27.6 Å². The predicted octanol–water partition coefficient (Wildman–Crippen LogP) is 2.94. The summed E-state index contributed by atoms with van der Waals surface area (Å²) in [5.74, 6) is -0.282. The largest absolute Gasteiger partial charge is 0.349 e. The number of amides is 1. The van der Waals surface area contributed by atoms with Gasteiger partial charge in [0, 0.05) is 23.4 Å². The Morgan fingerprint density at radius 1 is 1.19 bits per heavy atom. The lowest BCUT2D eigenvalue weighted by molar-refractivity contribution is -0.384. The normalized spacial score (nSPS) is 13.9. The van der Waals surface area contributed by atoms with Crippen LogP contribution in [0.3, 0.4) is 0 Å². The number of benzene rings is 2. The highest BCUT2D eigenvalue weighted by atomic mass is 35.5. The molecule has 2 N–H and O–H groups in total. The molecule has 1 aliphatic carbocycles. The van der Waals surface area contributed by atoms with Crippen LogP contribution in [0, 0.1) is 10.1 Å². The van der Waals surface area contributed by atoms with Crippen LogP contribution < -0.4 is 10.0 Å². The first-order valence-electron chi connectivity index (χ1n) is 7.64. The van der Waals surface area contributed by atoms with Crippen molar-refractivity contribution in [3.05, 3.63) is 63.2 Å². The number of nitrogens with zero attached hydrogens (tertiary/aromatic N) is 1. The van der Waals surface area contributed by atoms with E-state index >= 15 is 0 Å². The van der Waals surface area contributed by atoms with Gasteiger partial charge in [0.15, 0.2) is 0 Å². The maximum Gasteiger partial charge on any atom is 0.289 e. The molecule has 1 saturated carbocycles. The van der Waals surface area contributed by atoms with Crippen LogP contribution >= 0.6 is 11.6 Å². The van der Waals surface area contributed by atoms with Crippen molar-refractivity contribution >= 4 is 38.9 Å². The molecule has 1 aliphatic rings. The molecule has 0 heterocycles. The Bertz CT molecular complexity index is 989. The standard InChI is InChI=1S/C16H14ClN3O5S/c17-14-7-6-13(9-15(14)20(22)23)26(24,25)19-12-3-1-2-10(8-12)16(21)18-11-4-5-11/h1-3,6-9,11,19H,4-5H2,(H,18,21). The molecule has 0 atom stereocenters. The van der Waals surface area contributed by atoms with Crippen molar-refractivity contribution in [2.45, 2.75) is 23.8 Å². The second kappa shape index (κ2) is 6.93. The second-order valence-electron chi connectivity index (χ2n) is 5.80. The lowest BCUT2D eigenvalue weighted by Gasteiger charge is -2.10. The molecule has 0 unspecified atom stereocenters. The number of hydrogen-bond acceptors (Lipinski definition) is 5. The minimum Gasteiger partial charge on any atom is -0.349 e. The maximum absolute atomic E-state index is 12.5. The van der Waals surface area contributed by atoms with Gasteiger partial charge >= 0.3 is 0 Å². The van der Waals surface area contributed by atoms with Gasteiger partial charge in [0.2, 0.25) is 0 Å². The fourth-order valence-electron chi connectivity index (χ4n) is 2.23. The molecule has 0 radical (unpaired) electrons. The van der Waals surface area contributed by atoms with E-state index in [4.69, 9.17) is 11.6 Å². The minimum absolute atomic E-state index is 0.160. The number of anilines is 1. The van der Waals surface area contributed by atoms with Gasteiger partial charge in [0.05, 0.1) is 9.82 Å². The molecule has 3 rings (SSSR count). The van der Waals surface area contributed by atoms with Crippen LogP contribution in [0.5, 0.6) is 0 Å². The number of rotatable bonds is 6. The molecule has 0 aliphatic heterocycles. The van der Waals surface area contributed by atoms with Crippen LogP contribution in [0.1, 0.15) is 23.2 Å². The predicted molar refractivity (Wildman–Crippen MR) is 95.8 cm³/mol. The summed E-state index contributed by atoms with van der Waals surface area (Å²) >= 11 is 5.70. The van der Waals surface area contributed by atoms with E-state index < -0.39 is 20.6 Å². The third kappa shape index (κ3) is 4.12. The molecular formula is C16H14ClN3O5S. The fourth-order valence-corrected chi connectivity index (χ4v) is 3.49. The van der Waals surface area contributed by atoms with Gasteiger partial charge in [-0.05, 0) is 43.2 Å². The Morgan fingerprint density at radius 2 is 1.92 bits per heavy atom. The first-order chi connectivity index (χ1) is 12.3. The van der Waals surface area contributed by atoms with Crippen molar-refractivity contribution in [2.75, 3.05) is 4.72 Å². The van der Waals surface area contributed by atoms with Crippen molar-refractivity contribution in [2.24, 2.45) is 0 Å². The van der Waals surface area contributed by atoms with Crippen molar-refractivity contribution in [3.8, 4) is 0 Å². The number of carbonyl (C=O) groups is 1. The Balaban J connectivity index is 1.84. The van der Waals surface area contributed by atoms with Gasteiger partial charge in [-0.1, -0.05) is 17.7 Å². The summed E-state index contributed by atoms with van der Waals surface area (Å²) in [7, 11) is -4.08. The average molecular weight is 396 g/mol. The van der Waals surface area contributed by atoms with E-state index in [1.165, 1.54) is 18.2 Å². The van der Waals surface area contributed by atoms with Gasteiger partial charge in [-0.2, -0.15) is 0 Å². The smallest absolute Gasteiger partial charge is 0.289 e. The number of nitro benzene ring substituents is 1. The van der Waals surface area contributed by atoms with Gasteiger partial charge in [0.25, 0.3) is 21.6 Å². The van der Waals surface area contributed by atoms with Crippen LogP contribution in [0.15, 0.2) is 47.4 Å². The summed E-state index contributed by atoms with van der Waals surface area (Å²) in [6.07, 6.45) is 1.88. The van der Waals surface area contributed by atoms with E-state index in [1.54, 1.807) is 12.1 Å². The topological polar surface area (TPSA) is 118 Å². The summed E-state index contributed by atoms with van der Waals surface area (Å²) in [6.45, 7) is 0. The summed E-state index contributed by atoms with van der Waals surface area (Å²) in [6, 6.07) is 9.38. The summed E-state index contributed by atoms with van der Waals surface area (Å²) in [5.41, 5.74) is -0.0164. The zero-order valence-corrected chi connectivity index (χ0v) is 14.9. The van der Waals surface area contributed by atoms with Gasteiger partial charge in [-0.3, -0.25) is 19.6 Å². The summed E-state index contributed by atoms with van der Waals surface area (Å²) in [5, 5.41) is 13.6. The molecular weight excluding hydrogens is 382 g/mol. The molecule has 136 valence electrons. The SMILES string of the molecule is O=C(NC1CC1)c1cccc(NS(=O)(=O)c2ccc(Cl)c([N+](=O)[O-])c2)c1. The highest BCUT2D eigenvalue weighted by Crippen LogP contribution is 2.28. The highest BCUT2D eigenvalue weighted by molar-refractivity contribution is 7.92. The molecule has 1 amide bonds. The second-order valence-corrected chi connectivity index (χ2v) is 7.89. The summed E-state index contributed by atoms with van der Waals surface area (Å²) < 4.78 is 27.3. The molecule has 10 heteroatoms. The van der Waals surface area contributed by atoms with E-state index in [2.05, 4.69) is 10.0 Å². The van der Waals surface area contributed by atoms with Crippen molar-refractivity contribution in [1.29, 1.82) is 0 Å². The number of sulfonamides is 1. The van der Waals surface area contributed by atoms with Crippen LogP contribution in [-0.4, -0.2) is 25.3 Å². The van der Waals surface area contributed by atoms with E-state index in [1.807, 2.05) is 0 Å². The third-order valence-corrected chi connectivity index (χ3v) is 5.41. The number of nitrogens with one attached hydrogen (secondary N) is 2. The Kier molecular flexibility index (Phi) is 4.84. The molecule has 0 spiro atoms. The first kappa shape index (κ1) is 18.2. The van der Waals surface area contributed by atoms with Gasteiger partial charge < -0.3 is 5.32 Å². The Hall–Kier alpha value is -2.65. The molecule has 8 nitrogen and oxygen atoms in total. The number of nitro groups is 1. The number of carbonyl (C=O) groups excluding carboxylic acids is 1. The molecule has 2 aromatic rings. The lowest BCUT2D eigenvalue weighted by atomic mass is 10.2. The quantitative estimate of drug-likeness (QED) is 0.575. The third-order valence-electron chi connectivity index (χ3n) is 3.71. The Labute approximate surface area is 154 Å². The lowest BCUT2D eigenvalue weighted by Crippen LogP contribution is -2.25. The minimum atomic E-state index is -4.08.